The Bertz CT molecular complexity index is 1230. The molecule has 3 aromatic carbocycles. The van der Waals surface area contributed by atoms with Gasteiger partial charge >= 0.3 is 5.97 Å². The SMILES string of the molecule is CC=Cc1cc2c(cc1Oc1cccc(Oc3ccc4c(c3)OCO4)c1C(=O)O)OCO2. The maximum absolute atomic E-state index is 12.1. The fraction of sp³-hybridized carbons (Fsp3) is 0.125. The number of hydrogen-bond acceptors (Lipinski definition) is 7. The normalized spacial score (nSPS) is 13.4. The molecule has 0 aromatic heterocycles. The van der Waals surface area contributed by atoms with Crippen molar-refractivity contribution in [3.63, 3.8) is 0 Å². The third-order valence-electron chi connectivity index (χ3n) is 4.84. The van der Waals surface area contributed by atoms with Gasteiger partial charge in [-0.3, -0.25) is 0 Å². The second-order valence-electron chi connectivity index (χ2n) is 6.90. The van der Waals surface area contributed by atoms with Gasteiger partial charge in [0.1, 0.15) is 28.6 Å². The molecule has 8 heteroatoms. The molecule has 8 nitrogen and oxygen atoms in total. The van der Waals surface area contributed by atoms with Crippen molar-refractivity contribution in [3.05, 3.63) is 65.7 Å². The van der Waals surface area contributed by atoms with E-state index in [-0.39, 0.29) is 30.6 Å². The Labute approximate surface area is 183 Å². The Kier molecular flexibility index (Phi) is 4.95. The largest absolute Gasteiger partial charge is 0.477 e. The van der Waals surface area contributed by atoms with Crippen LogP contribution in [0.3, 0.4) is 0 Å². The first-order chi connectivity index (χ1) is 15.6. The lowest BCUT2D eigenvalue weighted by molar-refractivity contribution is 0.0691. The number of hydrogen-bond donors (Lipinski definition) is 1. The Morgan fingerprint density at radius 3 is 2.22 bits per heavy atom. The lowest BCUT2D eigenvalue weighted by atomic mass is 10.1. The van der Waals surface area contributed by atoms with Crippen LogP contribution in [-0.4, -0.2) is 24.7 Å². The second-order valence-corrected chi connectivity index (χ2v) is 6.90. The summed E-state index contributed by atoms with van der Waals surface area (Å²) in [5.74, 6) is 2.16. The van der Waals surface area contributed by atoms with E-state index in [9.17, 15) is 9.90 Å². The highest BCUT2D eigenvalue weighted by Crippen LogP contribution is 2.43. The van der Waals surface area contributed by atoms with Crippen molar-refractivity contribution in [2.75, 3.05) is 13.6 Å². The third kappa shape index (κ3) is 3.62. The van der Waals surface area contributed by atoms with Gasteiger partial charge in [0.25, 0.3) is 0 Å². The fourth-order valence-corrected chi connectivity index (χ4v) is 3.41. The first-order valence-electron chi connectivity index (χ1n) is 9.80. The standard InChI is InChI=1S/C24H18O8/c1-2-4-14-9-20-22(30-13-28-20)11-19(14)32-18-6-3-5-17(23(18)24(25)26)31-15-7-8-16-21(10-15)29-12-27-16/h2-11H,12-13H2,1H3,(H,25,26). The summed E-state index contributed by atoms with van der Waals surface area (Å²) in [7, 11) is 0. The minimum Gasteiger partial charge on any atom is -0.477 e. The van der Waals surface area contributed by atoms with Crippen LogP contribution in [0, 0.1) is 0 Å². The summed E-state index contributed by atoms with van der Waals surface area (Å²) in [6.45, 7) is 2.12. The van der Waals surface area contributed by atoms with Gasteiger partial charge in [-0.1, -0.05) is 18.2 Å². The Balaban J connectivity index is 1.51. The Hall–Kier alpha value is -4.33. The highest BCUT2D eigenvalue weighted by atomic mass is 16.7. The summed E-state index contributed by atoms with van der Waals surface area (Å²) in [4.78, 5) is 12.1. The number of fused-ring (bicyclic) bond motifs is 2. The van der Waals surface area contributed by atoms with Crippen molar-refractivity contribution in [2.45, 2.75) is 6.92 Å². The van der Waals surface area contributed by atoms with Crippen LogP contribution in [0.5, 0.6) is 46.0 Å². The van der Waals surface area contributed by atoms with E-state index in [1.165, 1.54) is 0 Å². The molecule has 3 aromatic rings. The molecule has 2 aliphatic rings. The van der Waals surface area contributed by atoms with Gasteiger partial charge in [-0.05, 0) is 37.3 Å². The number of rotatable bonds is 6. The lowest BCUT2D eigenvalue weighted by Gasteiger charge is -2.15. The molecular weight excluding hydrogens is 416 g/mol. The van der Waals surface area contributed by atoms with Gasteiger partial charge in [-0.2, -0.15) is 0 Å². The van der Waals surface area contributed by atoms with Crippen LogP contribution >= 0.6 is 0 Å². The monoisotopic (exact) mass is 434 g/mol. The maximum atomic E-state index is 12.1. The molecule has 32 heavy (non-hydrogen) atoms. The average Bonchev–Trinajstić information content (AvgIpc) is 3.42. The van der Waals surface area contributed by atoms with Crippen LogP contribution in [0.15, 0.2) is 54.6 Å². The first-order valence-corrected chi connectivity index (χ1v) is 9.80. The zero-order valence-electron chi connectivity index (χ0n) is 17.0. The molecule has 0 saturated heterocycles. The van der Waals surface area contributed by atoms with Crippen molar-refractivity contribution < 1.29 is 38.3 Å². The fourth-order valence-electron chi connectivity index (χ4n) is 3.41. The molecule has 2 aliphatic heterocycles. The predicted molar refractivity (Wildman–Crippen MR) is 113 cm³/mol. The number of aromatic carboxylic acids is 1. The van der Waals surface area contributed by atoms with Gasteiger partial charge in [0.15, 0.2) is 23.0 Å². The molecule has 0 aliphatic carbocycles. The lowest BCUT2D eigenvalue weighted by Crippen LogP contribution is -2.03. The van der Waals surface area contributed by atoms with Crippen LogP contribution in [0.2, 0.25) is 0 Å². The van der Waals surface area contributed by atoms with E-state index in [0.717, 1.165) is 5.56 Å². The molecule has 0 bridgehead atoms. The molecule has 2 heterocycles. The van der Waals surface area contributed by atoms with Gasteiger partial charge in [0.2, 0.25) is 13.6 Å². The van der Waals surface area contributed by atoms with Gasteiger partial charge in [-0.15, -0.1) is 0 Å². The quantitative estimate of drug-likeness (QED) is 0.547. The molecule has 1 N–H and O–H groups in total. The average molecular weight is 434 g/mol. The van der Waals surface area contributed by atoms with E-state index >= 15 is 0 Å². The summed E-state index contributed by atoms with van der Waals surface area (Å²) < 4.78 is 33.4. The molecule has 5 rings (SSSR count). The van der Waals surface area contributed by atoms with Gasteiger partial charge in [-0.25, -0.2) is 4.79 Å². The Morgan fingerprint density at radius 1 is 0.844 bits per heavy atom. The van der Waals surface area contributed by atoms with Crippen molar-refractivity contribution in [2.24, 2.45) is 0 Å². The zero-order chi connectivity index (χ0) is 22.1. The van der Waals surface area contributed by atoms with Gasteiger partial charge in [0.05, 0.1) is 0 Å². The molecular formula is C24H18O8. The maximum Gasteiger partial charge on any atom is 0.343 e. The van der Waals surface area contributed by atoms with Crippen molar-refractivity contribution in [1.29, 1.82) is 0 Å². The van der Waals surface area contributed by atoms with E-state index < -0.39 is 5.97 Å². The molecule has 162 valence electrons. The Morgan fingerprint density at radius 2 is 1.50 bits per heavy atom. The van der Waals surface area contributed by atoms with Crippen LogP contribution in [0.4, 0.5) is 0 Å². The third-order valence-corrected chi connectivity index (χ3v) is 4.84. The number of carboxylic acids is 1. The molecule has 0 unspecified atom stereocenters. The number of benzene rings is 3. The number of carbonyl (C=O) groups is 1. The van der Waals surface area contributed by atoms with Crippen LogP contribution in [0.25, 0.3) is 6.08 Å². The van der Waals surface area contributed by atoms with E-state index in [1.54, 1.807) is 48.5 Å². The summed E-state index contributed by atoms with van der Waals surface area (Å²) in [5.41, 5.74) is 0.601. The molecule has 0 saturated carbocycles. The van der Waals surface area contributed by atoms with E-state index in [4.69, 9.17) is 28.4 Å². The molecule has 0 atom stereocenters. The van der Waals surface area contributed by atoms with Crippen LogP contribution < -0.4 is 28.4 Å². The highest BCUT2D eigenvalue weighted by molar-refractivity contribution is 5.94. The van der Waals surface area contributed by atoms with E-state index in [0.29, 0.717) is 34.5 Å². The number of carboxylic acid groups (broad SMARTS) is 1. The van der Waals surface area contributed by atoms with Crippen molar-refractivity contribution >= 4 is 12.0 Å². The smallest absolute Gasteiger partial charge is 0.343 e. The minimum atomic E-state index is -1.19. The highest BCUT2D eigenvalue weighted by Gasteiger charge is 2.23. The molecule has 0 fully saturated rings. The van der Waals surface area contributed by atoms with Crippen molar-refractivity contribution in [1.82, 2.24) is 0 Å². The topological polar surface area (TPSA) is 92.7 Å². The van der Waals surface area contributed by atoms with Gasteiger partial charge in [0, 0.05) is 17.7 Å². The molecule has 0 amide bonds. The summed E-state index contributed by atoms with van der Waals surface area (Å²) in [6, 6.07) is 13.3. The predicted octanol–water partition coefficient (Wildman–Crippen LogP) is 5.46. The first kappa shape index (κ1) is 19.6. The van der Waals surface area contributed by atoms with Crippen LogP contribution in [0.1, 0.15) is 22.8 Å². The van der Waals surface area contributed by atoms with Crippen LogP contribution in [-0.2, 0) is 0 Å². The van der Waals surface area contributed by atoms with Crippen molar-refractivity contribution in [3.8, 4) is 46.0 Å². The summed E-state index contributed by atoms with van der Waals surface area (Å²) in [5, 5.41) is 9.92. The minimum absolute atomic E-state index is 0.116. The molecule has 0 spiro atoms. The van der Waals surface area contributed by atoms with Gasteiger partial charge < -0.3 is 33.5 Å². The van der Waals surface area contributed by atoms with E-state index in [2.05, 4.69) is 0 Å². The summed E-state index contributed by atoms with van der Waals surface area (Å²) in [6.07, 6.45) is 3.69. The number of allylic oxidation sites excluding steroid dienone is 1. The number of ether oxygens (including phenoxy) is 6. The second kappa shape index (κ2) is 8.07. The summed E-state index contributed by atoms with van der Waals surface area (Å²) >= 11 is 0. The molecule has 0 radical (unpaired) electrons. The van der Waals surface area contributed by atoms with E-state index in [1.807, 2.05) is 19.1 Å². The zero-order valence-corrected chi connectivity index (χ0v) is 17.0.